The molecule has 11 aromatic rings. The number of aromatic nitrogens is 1. The van der Waals surface area contributed by atoms with E-state index in [1.807, 2.05) is 0 Å². The van der Waals surface area contributed by atoms with E-state index in [1.165, 1.54) is 99.7 Å². The predicted octanol–water partition coefficient (Wildman–Crippen LogP) is 15.8. The maximum Gasteiger partial charge on any atom is 0.0715 e. The zero-order valence-electron chi connectivity index (χ0n) is 34.1. The summed E-state index contributed by atoms with van der Waals surface area (Å²) in [4.78, 5) is 0. The van der Waals surface area contributed by atoms with Gasteiger partial charge in [0.2, 0.25) is 0 Å². The van der Waals surface area contributed by atoms with E-state index < -0.39 is 5.41 Å². The molecule has 0 radical (unpaired) electrons. The highest BCUT2D eigenvalue weighted by atomic mass is 15.0. The van der Waals surface area contributed by atoms with E-state index in [2.05, 4.69) is 253 Å². The van der Waals surface area contributed by atoms with Crippen molar-refractivity contribution in [1.82, 2.24) is 4.57 Å². The van der Waals surface area contributed by atoms with E-state index in [0.29, 0.717) is 0 Å². The molecule has 1 heterocycles. The zero-order chi connectivity index (χ0) is 41.0. The molecule has 0 saturated carbocycles. The molecule has 1 nitrogen and oxygen atoms in total. The van der Waals surface area contributed by atoms with Crippen molar-refractivity contribution in [3.8, 4) is 61.3 Å². The topological polar surface area (TPSA) is 4.93 Å². The molecule has 0 atom stereocenters. The normalized spacial score (nSPS) is 12.6. The Kier molecular flexibility index (Phi) is 8.47. The molecule has 0 N–H and O–H groups in total. The molecule has 0 bridgehead atoms. The minimum Gasteiger partial charge on any atom is -0.309 e. The molecule has 0 spiro atoms. The Morgan fingerprint density at radius 3 is 1.18 bits per heavy atom. The van der Waals surface area contributed by atoms with Gasteiger partial charge in [-0.1, -0.05) is 182 Å². The summed E-state index contributed by atoms with van der Waals surface area (Å²) in [5.74, 6) is 0. The number of para-hydroxylation sites is 2. The maximum absolute atomic E-state index is 2.53. The van der Waals surface area contributed by atoms with Crippen LogP contribution in [0, 0.1) is 0 Å². The third-order valence-corrected chi connectivity index (χ3v) is 13.0. The summed E-state index contributed by atoms with van der Waals surface area (Å²) in [6.07, 6.45) is 0. The number of fused-ring (bicyclic) bond motifs is 6. The van der Waals surface area contributed by atoms with Crippen LogP contribution in [0.1, 0.15) is 22.3 Å². The van der Waals surface area contributed by atoms with Gasteiger partial charge in [0.15, 0.2) is 0 Å². The zero-order valence-corrected chi connectivity index (χ0v) is 34.1. The molecule has 0 fully saturated rings. The Balaban J connectivity index is 1.28. The molecular formula is C61H41N. The van der Waals surface area contributed by atoms with E-state index >= 15 is 0 Å². The summed E-state index contributed by atoms with van der Waals surface area (Å²) in [7, 11) is 0. The molecule has 0 unspecified atom stereocenters. The third-order valence-electron chi connectivity index (χ3n) is 13.0. The van der Waals surface area contributed by atoms with Gasteiger partial charge in [-0.3, -0.25) is 0 Å². The number of rotatable bonds is 7. The molecule has 10 aromatic carbocycles. The van der Waals surface area contributed by atoms with Gasteiger partial charge in [0, 0.05) is 16.5 Å². The molecule has 1 heteroatoms. The lowest BCUT2D eigenvalue weighted by atomic mass is 9.66. The molecule has 1 aliphatic rings. The van der Waals surface area contributed by atoms with Crippen molar-refractivity contribution in [1.29, 1.82) is 0 Å². The summed E-state index contributed by atoms with van der Waals surface area (Å²) < 4.78 is 2.46. The molecule has 0 amide bonds. The number of benzene rings is 10. The van der Waals surface area contributed by atoms with Crippen LogP contribution >= 0.6 is 0 Å². The van der Waals surface area contributed by atoms with Crippen molar-refractivity contribution in [2.45, 2.75) is 5.41 Å². The Bertz CT molecular complexity index is 3180. The van der Waals surface area contributed by atoms with Crippen molar-refractivity contribution in [3.05, 3.63) is 271 Å². The van der Waals surface area contributed by atoms with Gasteiger partial charge in [-0.25, -0.2) is 0 Å². The van der Waals surface area contributed by atoms with Crippen LogP contribution < -0.4 is 0 Å². The van der Waals surface area contributed by atoms with Crippen LogP contribution in [0.2, 0.25) is 0 Å². The SMILES string of the molecule is c1ccc(-c2cc(-c3ccccc3)cc(C3(c4cc(-c5ccccc5)cc(-c5ccccc5)c4)c4ccccc4-c4cc5c6ccccc6n(-c6ccccc6)c5cc43)c2)cc1. The van der Waals surface area contributed by atoms with Gasteiger partial charge in [-0.15, -0.1) is 0 Å². The average molecular weight is 788 g/mol. The first-order valence-corrected chi connectivity index (χ1v) is 21.5. The fourth-order valence-electron chi connectivity index (χ4n) is 10.3. The van der Waals surface area contributed by atoms with Gasteiger partial charge in [-0.05, 0) is 145 Å². The van der Waals surface area contributed by atoms with Crippen molar-refractivity contribution in [3.63, 3.8) is 0 Å². The minimum atomic E-state index is -0.721. The molecule has 12 rings (SSSR count). The first kappa shape index (κ1) is 35.9. The number of hydrogen-bond donors (Lipinski definition) is 0. The van der Waals surface area contributed by atoms with Crippen LogP contribution in [-0.2, 0) is 5.41 Å². The second-order valence-electron chi connectivity index (χ2n) is 16.5. The van der Waals surface area contributed by atoms with E-state index in [-0.39, 0.29) is 0 Å². The molecular weight excluding hydrogens is 747 g/mol. The smallest absolute Gasteiger partial charge is 0.0715 e. The Morgan fingerprint density at radius 2 is 0.677 bits per heavy atom. The highest BCUT2D eigenvalue weighted by molar-refractivity contribution is 6.12. The van der Waals surface area contributed by atoms with Crippen molar-refractivity contribution < 1.29 is 0 Å². The lowest BCUT2D eigenvalue weighted by molar-refractivity contribution is 0.770. The van der Waals surface area contributed by atoms with Gasteiger partial charge in [0.25, 0.3) is 0 Å². The van der Waals surface area contributed by atoms with Crippen LogP contribution in [0.15, 0.2) is 249 Å². The molecule has 290 valence electrons. The van der Waals surface area contributed by atoms with Crippen LogP contribution in [-0.4, -0.2) is 4.57 Å². The average Bonchev–Trinajstić information content (AvgIpc) is 3.84. The summed E-state index contributed by atoms with van der Waals surface area (Å²) in [5.41, 5.74) is 19.9. The molecule has 62 heavy (non-hydrogen) atoms. The third kappa shape index (κ3) is 5.70. The van der Waals surface area contributed by atoms with Gasteiger partial charge >= 0.3 is 0 Å². The van der Waals surface area contributed by atoms with E-state index in [4.69, 9.17) is 0 Å². The second-order valence-corrected chi connectivity index (χ2v) is 16.5. The van der Waals surface area contributed by atoms with E-state index in [0.717, 1.165) is 5.69 Å². The highest BCUT2D eigenvalue weighted by Crippen LogP contribution is 2.59. The Hall–Kier alpha value is -8.00. The first-order valence-electron chi connectivity index (χ1n) is 21.5. The van der Waals surface area contributed by atoms with Crippen molar-refractivity contribution >= 4 is 21.8 Å². The Labute approximate surface area is 362 Å². The van der Waals surface area contributed by atoms with Crippen LogP contribution in [0.5, 0.6) is 0 Å². The maximum atomic E-state index is 2.53. The van der Waals surface area contributed by atoms with Gasteiger partial charge in [-0.2, -0.15) is 0 Å². The lowest BCUT2D eigenvalue weighted by Gasteiger charge is -2.35. The van der Waals surface area contributed by atoms with Gasteiger partial charge in [0.1, 0.15) is 0 Å². The standard InChI is InChI=1S/C61H41N/c1-6-20-42(21-7-1)46-34-47(43-22-8-2-9-23-43)37-50(36-46)61(51-38-48(44-24-10-3-11-25-44)35-49(39-51)45-26-12-4-13-27-45)57-32-18-16-30-53(57)55-40-56-54-31-17-19-33-59(54)62(60(56)41-58(55)61)52-28-14-5-15-29-52/h1-41H. The largest absolute Gasteiger partial charge is 0.309 e. The fourth-order valence-corrected chi connectivity index (χ4v) is 10.3. The predicted molar refractivity (Wildman–Crippen MR) is 260 cm³/mol. The van der Waals surface area contributed by atoms with Gasteiger partial charge in [0.05, 0.1) is 16.4 Å². The van der Waals surface area contributed by atoms with Crippen LogP contribution in [0.25, 0.3) is 83.1 Å². The van der Waals surface area contributed by atoms with Gasteiger partial charge < -0.3 is 4.57 Å². The molecule has 1 aliphatic carbocycles. The summed E-state index contributed by atoms with van der Waals surface area (Å²) >= 11 is 0. The number of hydrogen-bond acceptors (Lipinski definition) is 0. The van der Waals surface area contributed by atoms with Crippen molar-refractivity contribution in [2.75, 3.05) is 0 Å². The Morgan fingerprint density at radius 1 is 0.258 bits per heavy atom. The summed E-state index contributed by atoms with van der Waals surface area (Å²) in [6.45, 7) is 0. The molecule has 0 saturated heterocycles. The number of nitrogens with zero attached hydrogens (tertiary/aromatic N) is 1. The highest BCUT2D eigenvalue weighted by Gasteiger charge is 2.47. The first-order chi connectivity index (χ1) is 30.7. The minimum absolute atomic E-state index is 0.721. The van der Waals surface area contributed by atoms with E-state index in [9.17, 15) is 0 Å². The molecule has 1 aromatic heterocycles. The summed E-state index contributed by atoms with van der Waals surface area (Å²) in [5, 5.41) is 2.50. The lowest BCUT2D eigenvalue weighted by Crippen LogP contribution is -2.29. The monoisotopic (exact) mass is 787 g/mol. The van der Waals surface area contributed by atoms with E-state index in [1.54, 1.807) is 0 Å². The van der Waals surface area contributed by atoms with Crippen LogP contribution in [0.4, 0.5) is 0 Å². The fraction of sp³-hybridized carbons (Fsp3) is 0.0164. The van der Waals surface area contributed by atoms with Crippen LogP contribution in [0.3, 0.4) is 0 Å². The van der Waals surface area contributed by atoms with Crippen molar-refractivity contribution in [2.24, 2.45) is 0 Å². The quantitative estimate of drug-likeness (QED) is 0.152. The molecule has 0 aliphatic heterocycles. The summed E-state index contributed by atoms with van der Waals surface area (Å²) in [6, 6.07) is 92.1. The second kappa shape index (κ2) is 14.6.